The quantitative estimate of drug-likeness (QED) is 0.668. The molecule has 0 amide bonds. The number of hydrogen-bond donors (Lipinski definition) is 1. The summed E-state index contributed by atoms with van der Waals surface area (Å²) < 4.78 is 53.8. The van der Waals surface area contributed by atoms with Crippen LogP contribution < -0.4 is 4.72 Å². The number of sulfone groups is 1. The van der Waals surface area contributed by atoms with Crippen molar-refractivity contribution in [3.63, 3.8) is 0 Å². The van der Waals surface area contributed by atoms with E-state index in [1.165, 1.54) is 0 Å². The van der Waals surface area contributed by atoms with Crippen LogP contribution in [0.1, 0.15) is 17.9 Å². The molecule has 0 radical (unpaired) electrons. The number of nitrogens with zero attached hydrogens (tertiary/aromatic N) is 2. The number of rotatable bonds is 8. The Hall–Kier alpha value is -1.49. The molecule has 8 nitrogen and oxygen atoms in total. The van der Waals surface area contributed by atoms with Gasteiger partial charge >= 0.3 is 5.22 Å². The van der Waals surface area contributed by atoms with Crippen LogP contribution in [0.5, 0.6) is 0 Å². The minimum atomic E-state index is -3.53. The molecule has 0 bridgehead atoms. The lowest BCUT2D eigenvalue weighted by molar-refractivity contribution is 0.394. The third-order valence-corrected chi connectivity index (χ3v) is 5.33. The first kappa shape index (κ1) is 18.8. The van der Waals surface area contributed by atoms with Gasteiger partial charge in [-0.1, -0.05) is 28.8 Å². The molecule has 2 rings (SSSR count). The highest BCUT2D eigenvalue weighted by Gasteiger charge is 2.16. The summed E-state index contributed by atoms with van der Waals surface area (Å²) in [4.78, 5) is 0. The number of benzene rings is 1. The van der Waals surface area contributed by atoms with E-state index in [1.54, 1.807) is 24.3 Å². The highest BCUT2D eigenvalue weighted by atomic mass is 35.5. The minimum Gasteiger partial charge on any atom is -0.413 e. The van der Waals surface area contributed by atoms with Crippen molar-refractivity contribution in [2.75, 3.05) is 12.8 Å². The fourth-order valence-electron chi connectivity index (χ4n) is 1.81. The lowest BCUT2D eigenvalue weighted by Crippen LogP contribution is -2.26. The van der Waals surface area contributed by atoms with Crippen LogP contribution in [0, 0.1) is 0 Å². The van der Waals surface area contributed by atoms with Gasteiger partial charge in [-0.3, -0.25) is 0 Å². The number of nitrogens with one attached hydrogen (secondary N) is 1. The molecule has 0 aliphatic heterocycles. The molecule has 1 aromatic carbocycles. The molecule has 1 heterocycles. The Morgan fingerprint density at radius 2 is 1.79 bits per heavy atom. The maximum Gasteiger partial charge on any atom is 0.335 e. The van der Waals surface area contributed by atoms with E-state index >= 15 is 0 Å². The van der Waals surface area contributed by atoms with Crippen molar-refractivity contribution in [3.05, 3.63) is 40.7 Å². The highest BCUT2D eigenvalue weighted by molar-refractivity contribution is 7.90. The maximum atomic E-state index is 12.0. The summed E-state index contributed by atoms with van der Waals surface area (Å²) in [6, 6.07) is 6.54. The van der Waals surface area contributed by atoms with Gasteiger partial charge in [0.1, 0.15) is 0 Å². The first-order chi connectivity index (χ1) is 11.2. The second-order valence-corrected chi connectivity index (χ2v) is 9.25. The summed E-state index contributed by atoms with van der Waals surface area (Å²) in [5.74, 6) is -0.00418. The molecule has 2 aromatic rings. The second-order valence-electron chi connectivity index (χ2n) is 5.12. The first-order valence-electron chi connectivity index (χ1n) is 6.90. The minimum absolute atomic E-state index is 0.146. The summed E-state index contributed by atoms with van der Waals surface area (Å²) in [5.41, 5.74) is 0.626. The fraction of sp³-hybridized carbons (Fsp3) is 0.385. The van der Waals surface area contributed by atoms with Crippen LogP contribution in [0.4, 0.5) is 0 Å². The molecular weight excluding hydrogens is 378 g/mol. The molecule has 132 valence electrons. The van der Waals surface area contributed by atoms with E-state index < -0.39 is 25.1 Å². The molecule has 0 aliphatic rings. The third kappa shape index (κ3) is 5.86. The highest BCUT2D eigenvalue weighted by Crippen LogP contribution is 2.12. The normalized spacial score (nSPS) is 12.4. The molecule has 1 N–H and O–H groups in total. The number of hydrogen-bond acceptors (Lipinski definition) is 7. The van der Waals surface area contributed by atoms with E-state index in [0.29, 0.717) is 17.0 Å². The molecule has 0 unspecified atom stereocenters. The molecule has 0 fully saturated rings. The summed E-state index contributed by atoms with van der Waals surface area (Å²) in [6.45, 7) is 0.173. The van der Waals surface area contributed by atoms with Crippen LogP contribution in [-0.2, 0) is 32.0 Å². The van der Waals surface area contributed by atoms with Crippen LogP contribution in [0.15, 0.2) is 33.9 Å². The Bertz CT molecular complexity index is 892. The van der Waals surface area contributed by atoms with Crippen molar-refractivity contribution in [2.45, 2.75) is 23.8 Å². The largest absolute Gasteiger partial charge is 0.413 e. The molecule has 0 aliphatic carbocycles. The molecule has 0 spiro atoms. The molecule has 0 saturated carbocycles. The van der Waals surface area contributed by atoms with Crippen LogP contribution in [-0.4, -0.2) is 39.8 Å². The van der Waals surface area contributed by atoms with E-state index in [-0.39, 0.29) is 24.6 Å². The molecule has 24 heavy (non-hydrogen) atoms. The van der Waals surface area contributed by atoms with Gasteiger partial charge in [-0.2, -0.15) is 0 Å². The van der Waals surface area contributed by atoms with Gasteiger partial charge in [-0.05, 0) is 24.1 Å². The average Bonchev–Trinajstić information content (AvgIpc) is 2.95. The average molecular weight is 394 g/mol. The first-order valence-corrected chi connectivity index (χ1v) is 10.8. The summed E-state index contributed by atoms with van der Waals surface area (Å²) in [7, 11) is -7.01. The summed E-state index contributed by atoms with van der Waals surface area (Å²) >= 11 is 5.75. The van der Waals surface area contributed by atoms with Gasteiger partial charge in [0.15, 0.2) is 0 Å². The zero-order valence-corrected chi connectivity index (χ0v) is 15.2. The zero-order chi connectivity index (χ0) is 17.8. The van der Waals surface area contributed by atoms with Crippen LogP contribution in [0.3, 0.4) is 0 Å². The van der Waals surface area contributed by atoms with E-state index in [2.05, 4.69) is 14.9 Å². The van der Waals surface area contributed by atoms with Crippen molar-refractivity contribution >= 4 is 31.5 Å². The standard InChI is InChI=1S/C13H16ClN3O5S2/c1-23(18,19)13-17-16-12(22-13)3-2-8-15-24(20,21)9-10-4-6-11(14)7-5-10/h4-7,15H,2-3,8-9H2,1H3. The topological polar surface area (TPSA) is 119 Å². The molecule has 11 heteroatoms. The van der Waals surface area contributed by atoms with Crippen molar-refractivity contribution in [1.82, 2.24) is 14.9 Å². The summed E-state index contributed by atoms with van der Waals surface area (Å²) in [5, 5.41) is 7.13. The Labute approximate surface area is 145 Å². The molecule has 0 atom stereocenters. The fourth-order valence-corrected chi connectivity index (χ4v) is 3.56. The second kappa shape index (κ2) is 7.60. The molecule has 1 aromatic heterocycles. The van der Waals surface area contributed by atoms with E-state index in [0.717, 1.165) is 6.26 Å². The van der Waals surface area contributed by atoms with E-state index in [4.69, 9.17) is 16.0 Å². The van der Waals surface area contributed by atoms with Crippen LogP contribution >= 0.6 is 11.6 Å². The van der Waals surface area contributed by atoms with E-state index in [1.807, 2.05) is 0 Å². The van der Waals surface area contributed by atoms with Gasteiger partial charge < -0.3 is 4.42 Å². The van der Waals surface area contributed by atoms with Crippen molar-refractivity contribution in [3.8, 4) is 0 Å². The van der Waals surface area contributed by atoms with Gasteiger partial charge in [-0.15, -0.1) is 5.10 Å². The smallest absolute Gasteiger partial charge is 0.335 e. The lowest BCUT2D eigenvalue weighted by atomic mass is 10.2. The van der Waals surface area contributed by atoms with Crippen molar-refractivity contribution in [1.29, 1.82) is 0 Å². The molecule has 0 saturated heterocycles. The van der Waals surface area contributed by atoms with Gasteiger partial charge in [0.25, 0.3) is 0 Å². The van der Waals surface area contributed by atoms with Crippen molar-refractivity contribution < 1.29 is 21.3 Å². The van der Waals surface area contributed by atoms with Gasteiger partial charge in [0.05, 0.1) is 5.75 Å². The van der Waals surface area contributed by atoms with Crippen LogP contribution in [0.25, 0.3) is 0 Å². The number of aryl methyl sites for hydroxylation is 1. The Balaban J connectivity index is 1.80. The number of sulfonamides is 1. The predicted molar refractivity (Wildman–Crippen MR) is 87.8 cm³/mol. The van der Waals surface area contributed by atoms with Gasteiger partial charge in [0.2, 0.25) is 25.8 Å². The molecular formula is C13H16ClN3O5S2. The third-order valence-electron chi connectivity index (χ3n) is 2.92. The Morgan fingerprint density at radius 3 is 2.38 bits per heavy atom. The zero-order valence-electron chi connectivity index (χ0n) is 12.8. The predicted octanol–water partition coefficient (Wildman–Crippen LogP) is 1.18. The maximum absolute atomic E-state index is 12.0. The Kier molecular flexibility index (Phi) is 5.97. The van der Waals surface area contributed by atoms with Crippen molar-refractivity contribution in [2.24, 2.45) is 0 Å². The monoisotopic (exact) mass is 393 g/mol. The summed E-state index contributed by atoms with van der Waals surface area (Å²) in [6.07, 6.45) is 1.63. The number of halogens is 1. The van der Waals surface area contributed by atoms with E-state index in [9.17, 15) is 16.8 Å². The number of aromatic nitrogens is 2. The Morgan fingerprint density at radius 1 is 1.12 bits per heavy atom. The SMILES string of the molecule is CS(=O)(=O)c1nnc(CCCNS(=O)(=O)Cc2ccc(Cl)cc2)o1. The van der Waals surface area contributed by atoms with Gasteiger partial charge in [-0.25, -0.2) is 21.6 Å². The van der Waals surface area contributed by atoms with Gasteiger partial charge in [0, 0.05) is 24.2 Å². The van der Waals surface area contributed by atoms with Crippen LogP contribution in [0.2, 0.25) is 5.02 Å². The lowest BCUT2D eigenvalue weighted by Gasteiger charge is -2.06.